The van der Waals surface area contributed by atoms with Gasteiger partial charge in [-0.25, -0.2) is 5.90 Å². The van der Waals surface area contributed by atoms with Gasteiger partial charge in [-0.15, -0.1) is 0 Å². The summed E-state index contributed by atoms with van der Waals surface area (Å²) in [5, 5.41) is 9.40. The van der Waals surface area contributed by atoms with Crippen molar-refractivity contribution in [2.75, 3.05) is 0 Å². The summed E-state index contributed by atoms with van der Waals surface area (Å²) in [6.45, 7) is 3.74. The maximum absolute atomic E-state index is 9.40. The fourth-order valence-electron chi connectivity index (χ4n) is 1.07. The normalized spacial score (nSPS) is 12.9. The average molecular weight is 167 g/mol. The molecule has 3 nitrogen and oxygen atoms in total. The molecule has 3 N–H and O–H groups in total. The van der Waals surface area contributed by atoms with Gasteiger partial charge in [0.25, 0.3) is 0 Å². The molecule has 1 unspecified atom stereocenters. The number of hydrogen-bond donors (Lipinski definition) is 2. The van der Waals surface area contributed by atoms with Gasteiger partial charge in [-0.05, 0) is 26.0 Å². The number of rotatable bonds is 2. The Morgan fingerprint density at radius 1 is 1.50 bits per heavy atom. The van der Waals surface area contributed by atoms with Gasteiger partial charge in [0.15, 0.2) is 0 Å². The molecule has 0 saturated carbocycles. The summed E-state index contributed by atoms with van der Waals surface area (Å²) in [6, 6.07) is 5.33. The van der Waals surface area contributed by atoms with E-state index in [4.69, 9.17) is 5.90 Å². The van der Waals surface area contributed by atoms with Crippen LogP contribution in [-0.4, -0.2) is 5.11 Å². The summed E-state index contributed by atoms with van der Waals surface area (Å²) in [5.74, 6) is 5.23. The number of phenolic OH excluding ortho intramolecular Hbond substituents is 1. The fourth-order valence-corrected chi connectivity index (χ4v) is 1.07. The highest BCUT2D eigenvalue weighted by atomic mass is 16.6. The second-order valence-electron chi connectivity index (χ2n) is 2.84. The van der Waals surface area contributed by atoms with Crippen LogP contribution in [-0.2, 0) is 4.84 Å². The zero-order chi connectivity index (χ0) is 9.14. The minimum absolute atomic E-state index is 0.221. The molecule has 0 aromatic heterocycles. The van der Waals surface area contributed by atoms with Crippen LogP contribution in [0.3, 0.4) is 0 Å². The Morgan fingerprint density at radius 2 is 2.17 bits per heavy atom. The second kappa shape index (κ2) is 3.56. The topological polar surface area (TPSA) is 55.5 Å². The first-order valence-corrected chi connectivity index (χ1v) is 3.80. The summed E-state index contributed by atoms with van der Waals surface area (Å²) < 4.78 is 0. The summed E-state index contributed by atoms with van der Waals surface area (Å²) in [4.78, 5) is 4.61. The van der Waals surface area contributed by atoms with Gasteiger partial charge in [0.1, 0.15) is 11.9 Å². The molecule has 1 aromatic rings. The maximum atomic E-state index is 9.40. The van der Waals surface area contributed by atoms with Crippen LogP contribution in [0.15, 0.2) is 18.2 Å². The van der Waals surface area contributed by atoms with E-state index in [2.05, 4.69) is 4.84 Å². The predicted octanol–water partition coefficient (Wildman–Crippen LogP) is 1.65. The Labute approximate surface area is 71.7 Å². The lowest BCUT2D eigenvalue weighted by molar-refractivity contribution is 0.0646. The van der Waals surface area contributed by atoms with Crippen molar-refractivity contribution in [2.24, 2.45) is 5.90 Å². The molecule has 0 amide bonds. The molecule has 0 saturated heterocycles. The molecule has 0 spiro atoms. The molecule has 0 aliphatic heterocycles. The highest BCUT2D eigenvalue weighted by Gasteiger charge is 2.09. The standard InChI is InChI=1S/C9H13NO2/c1-6-3-4-9(11)8(5-6)7(2)12-10/h3-5,7,11H,10H2,1-2H3. The number of benzene rings is 1. The van der Waals surface area contributed by atoms with E-state index in [9.17, 15) is 5.11 Å². The highest BCUT2D eigenvalue weighted by molar-refractivity contribution is 5.36. The lowest BCUT2D eigenvalue weighted by Crippen LogP contribution is -2.05. The summed E-state index contributed by atoms with van der Waals surface area (Å²) in [6.07, 6.45) is -0.273. The van der Waals surface area contributed by atoms with E-state index in [0.717, 1.165) is 11.1 Å². The van der Waals surface area contributed by atoms with Crippen molar-refractivity contribution in [2.45, 2.75) is 20.0 Å². The molecule has 0 aliphatic rings. The van der Waals surface area contributed by atoms with Crippen LogP contribution in [0.2, 0.25) is 0 Å². The molecule has 66 valence electrons. The number of aromatic hydroxyl groups is 1. The van der Waals surface area contributed by atoms with Crippen LogP contribution in [0.5, 0.6) is 5.75 Å². The first-order valence-electron chi connectivity index (χ1n) is 3.80. The fraction of sp³-hybridized carbons (Fsp3) is 0.333. The molecule has 0 heterocycles. The zero-order valence-electron chi connectivity index (χ0n) is 7.24. The molecule has 0 radical (unpaired) electrons. The molecule has 0 fully saturated rings. The molecule has 0 aliphatic carbocycles. The third-order valence-corrected chi connectivity index (χ3v) is 1.83. The Bertz CT molecular complexity index is 273. The van der Waals surface area contributed by atoms with Gasteiger partial charge in [-0.3, -0.25) is 4.84 Å². The average Bonchev–Trinajstić information content (AvgIpc) is 2.08. The number of phenols is 1. The lowest BCUT2D eigenvalue weighted by atomic mass is 10.1. The molecule has 1 atom stereocenters. The third kappa shape index (κ3) is 1.75. The minimum Gasteiger partial charge on any atom is -0.508 e. The Hall–Kier alpha value is -1.06. The zero-order valence-corrected chi connectivity index (χ0v) is 7.24. The van der Waals surface area contributed by atoms with Gasteiger partial charge < -0.3 is 5.11 Å². The maximum Gasteiger partial charge on any atom is 0.121 e. The van der Waals surface area contributed by atoms with Crippen molar-refractivity contribution in [3.8, 4) is 5.75 Å². The van der Waals surface area contributed by atoms with Crippen LogP contribution in [0.25, 0.3) is 0 Å². The molecule has 3 heteroatoms. The summed E-state index contributed by atoms with van der Waals surface area (Å²) in [5.41, 5.74) is 1.80. The largest absolute Gasteiger partial charge is 0.508 e. The van der Waals surface area contributed by atoms with Crippen molar-refractivity contribution >= 4 is 0 Å². The predicted molar refractivity (Wildman–Crippen MR) is 46.5 cm³/mol. The van der Waals surface area contributed by atoms with E-state index in [0.29, 0.717) is 0 Å². The van der Waals surface area contributed by atoms with E-state index in [1.54, 1.807) is 13.0 Å². The van der Waals surface area contributed by atoms with E-state index in [-0.39, 0.29) is 11.9 Å². The van der Waals surface area contributed by atoms with Crippen molar-refractivity contribution in [3.63, 3.8) is 0 Å². The van der Waals surface area contributed by atoms with Crippen molar-refractivity contribution in [3.05, 3.63) is 29.3 Å². The summed E-state index contributed by atoms with van der Waals surface area (Å²) >= 11 is 0. The molecule has 12 heavy (non-hydrogen) atoms. The minimum atomic E-state index is -0.273. The molecular weight excluding hydrogens is 154 g/mol. The number of aryl methyl sites for hydroxylation is 1. The number of nitrogens with two attached hydrogens (primary N) is 1. The monoisotopic (exact) mass is 167 g/mol. The second-order valence-corrected chi connectivity index (χ2v) is 2.84. The SMILES string of the molecule is Cc1ccc(O)c(C(C)ON)c1. The van der Waals surface area contributed by atoms with Crippen LogP contribution in [0.1, 0.15) is 24.2 Å². The quantitative estimate of drug-likeness (QED) is 0.658. The van der Waals surface area contributed by atoms with E-state index in [1.807, 2.05) is 19.1 Å². The van der Waals surface area contributed by atoms with Gasteiger partial charge in [0.05, 0.1) is 0 Å². The van der Waals surface area contributed by atoms with Crippen LogP contribution in [0, 0.1) is 6.92 Å². The first kappa shape index (κ1) is 9.03. The molecule has 0 bridgehead atoms. The third-order valence-electron chi connectivity index (χ3n) is 1.83. The van der Waals surface area contributed by atoms with E-state index >= 15 is 0 Å². The first-order chi connectivity index (χ1) is 5.65. The van der Waals surface area contributed by atoms with E-state index in [1.165, 1.54) is 0 Å². The molecular formula is C9H13NO2. The smallest absolute Gasteiger partial charge is 0.121 e. The summed E-state index contributed by atoms with van der Waals surface area (Å²) in [7, 11) is 0. The Morgan fingerprint density at radius 3 is 2.75 bits per heavy atom. The van der Waals surface area contributed by atoms with Gasteiger partial charge in [-0.1, -0.05) is 11.6 Å². The van der Waals surface area contributed by atoms with Gasteiger partial charge in [0, 0.05) is 5.56 Å². The van der Waals surface area contributed by atoms with Crippen molar-refractivity contribution in [1.29, 1.82) is 0 Å². The highest BCUT2D eigenvalue weighted by Crippen LogP contribution is 2.25. The van der Waals surface area contributed by atoms with Crippen molar-refractivity contribution < 1.29 is 9.94 Å². The Balaban J connectivity index is 3.04. The van der Waals surface area contributed by atoms with E-state index < -0.39 is 0 Å². The molecule has 1 aromatic carbocycles. The van der Waals surface area contributed by atoms with Gasteiger partial charge >= 0.3 is 0 Å². The van der Waals surface area contributed by atoms with Crippen LogP contribution >= 0.6 is 0 Å². The van der Waals surface area contributed by atoms with Gasteiger partial charge in [0.2, 0.25) is 0 Å². The van der Waals surface area contributed by atoms with Crippen LogP contribution in [0.4, 0.5) is 0 Å². The Kier molecular flexibility index (Phi) is 2.68. The number of hydrogen-bond acceptors (Lipinski definition) is 3. The lowest BCUT2D eigenvalue weighted by Gasteiger charge is -2.11. The van der Waals surface area contributed by atoms with Crippen molar-refractivity contribution in [1.82, 2.24) is 0 Å². The molecule has 1 rings (SSSR count). The van der Waals surface area contributed by atoms with Crippen LogP contribution < -0.4 is 5.90 Å². The van der Waals surface area contributed by atoms with Gasteiger partial charge in [-0.2, -0.15) is 0 Å².